The lowest BCUT2D eigenvalue weighted by Crippen LogP contribution is -2.54. The first-order valence-corrected chi connectivity index (χ1v) is 7.99. The molecule has 1 aromatic heterocycles. The number of nitrogens with one attached hydrogen (secondary N) is 1. The third kappa shape index (κ3) is 3.74. The second-order valence-electron chi connectivity index (χ2n) is 6.58. The minimum atomic E-state index is -0.00894. The van der Waals surface area contributed by atoms with Gasteiger partial charge in [-0.05, 0) is 52.3 Å². The van der Waals surface area contributed by atoms with Crippen molar-refractivity contribution in [1.82, 2.24) is 10.3 Å². The Morgan fingerprint density at radius 2 is 2.14 bits per heavy atom. The molecule has 1 saturated heterocycles. The maximum absolute atomic E-state index is 5.65. The molecule has 0 amide bonds. The normalized spacial score (nSPS) is 18.0. The molecule has 0 bridgehead atoms. The quantitative estimate of drug-likeness (QED) is 0.847. The Hall–Kier alpha value is -1.13. The van der Waals surface area contributed by atoms with Crippen LogP contribution in [0.3, 0.4) is 0 Å². The lowest BCUT2D eigenvalue weighted by atomic mass is 10.00. The SMILES string of the molecule is CCCNCc1c(C)cc(C)nc1N1CCOCC1(C)C. The average Bonchev–Trinajstić information content (AvgIpc) is 2.40. The largest absolute Gasteiger partial charge is 0.377 e. The van der Waals surface area contributed by atoms with Gasteiger partial charge in [0.2, 0.25) is 0 Å². The predicted octanol–water partition coefficient (Wildman–Crippen LogP) is 2.81. The van der Waals surface area contributed by atoms with Gasteiger partial charge in [0.05, 0.1) is 18.8 Å². The fraction of sp³-hybridized carbons (Fsp3) is 0.706. The highest BCUT2D eigenvalue weighted by atomic mass is 16.5. The molecule has 2 rings (SSSR count). The summed E-state index contributed by atoms with van der Waals surface area (Å²) in [6, 6.07) is 2.18. The van der Waals surface area contributed by atoms with Gasteiger partial charge in [0.15, 0.2) is 0 Å². The van der Waals surface area contributed by atoms with E-state index in [1.54, 1.807) is 0 Å². The van der Waals surface area contributed by atoms with Crippen LogP contribution in [0.2, 0.25) is 0 Å². The van der Waals surface area contributed by atoms with E-state index in [9.17, 15) is 0 Å². The average molecular weight is 291 g/mol. The first-order chi connectivity index (χ1) is 9.95. The number of hydrogen-bond donors (Lipinski definition) is 1. The van der Waals surface area contributed by atoms with E-state index in [0.29, 0.717) is 0 Å². The van der Waals surface area contributed by atoms with Crippen LogP contribution >= 0.6 is 0 Å². The summed E-state index contributed by atoms with van der Waals surface area (Å²) in [5.41, 5.74) is 3.72. The first kappa shape index (κ1) is 16.2. The highest BCUT2D eigenvalue weighted by Gasteiger charge is 2.33. The number of rotatable bonds is 5. The third-order valence-corrected chi connectivity index (χ3v) is 4.08. The van der Waals surface area contributed by atoms with Crippen LogP contribution < -0.4 is 10.2 Å². The van der Waals surface area contributed by atoms with Crippen molar-refractivity contribution in [2.75, 3.05) is 31.2 Å². The Morgan fingerprint density at radius 3 is 2.81 bits per heavy atom. The maximum Gasteiger partial charge on any atom is 0.134 e. The van der Waals surface area contributed by atoms with Crippen LogP contribution in [0.5, 0.6) is 0 Å². The molecule has 2 heterocycles. The fourth-order valence-electron chi connectivity index (χ4n) is 2.93. The van der Waals surface area contributed by atoms with E-state index in [1.165, 1.54) is 11.1 Å². The molecular formula is C17H29N3O. The number of morpholine rings is 1. The van der Waals surface area contributed by atoms with Gasteiger partial charge < -0.3 is 15.0 Å². The van der Waals surface area contributed by atoms with E-state index in [4.69, 9.17) is 9.72 Å². The molecule has 0 atom stereocenters. The summed E-state index contributed by atoms with van der Waals surface area (Å²) >= 11 is 0. The zero-order valence-electron chi connectivity index (χ0n) is 14.1. The Bertz CT molecular complexity index is 485. The zero-order valence-corrected chi connectivity index (χ0v) is 14.1. The minimum absolute atomic E-state index is 0.00894. The van der Waals surface area contributed by atoms with Gasteiger partial charge in [-0.3, -0.25) is 0 Å². The van der Waals surface area contributed by atoms with Gasteiger partial charge >= 0.3 is 0 Å². The number of ether oxygens (including phenoxy) is 1. The van der Waals surface area contributed by atoms with Crippen molar-refractivity contribution >= 4 is 5.82 Å². The number of pyridine rings is 1. The summed E-state index contributed by atoms with van der Waals surface area (Å²) in [7, 11) is 0. The number of aromatic nitrogens is 1. The van der Waals surface area contributed by atoms with Gasteiger partial charge in [-0.15, -0.1) is 0 Å². The smallest absolute Gasteiger partial charge is 0.134 e. The lowest BCUT2D eigenvalue weighted by molar-refractivity contribution is 0.0637. The minimum Gasteiger partial charge on any atom is -0.377 e. The predicted molar refractivity (Wildman–Crippen MR) is 88.0 cm³/mol. The lowest BCUT2D eigenvalue weighted by Gasteiger charge is -2.44. The summed E-state index contributed by atoms with van der Waals surface area (Å²) in [6.45, 7) is 15.3. The molecule has 1 N–H and O–H groups in total. The monoisotopic (exact) mass is 291 g/mol. The molecule has 0 aromatic carbocycles. The molecule has 0 aliphatic carbocycles. The second-order valence-corrected chi connectivity index (χ2v) is 6.58. The summed E-state index contributed by atoms with van der Waals surface area (Å²) in [4.78, 5) is 7.28. The van der Waals surface area contributed by atoms with Crippen LogP contribution in [0.15, 0.2) is 6.07 Å². The van der Waals surface area contributed by atoms with Gasteiger partial charge in [-0.1, -0.05) is 6.92 Å². The molecule has 21 heavy (non-hydrogen) atoms. The third-order valence-electron chi connectivity index (χ3n) is 4.08. The van der Waals surface area contributed by atoms with E-state index < -0.39 is 0 Å². The van der Waals surface area contributed by atoms with Gasteiger partial charge in [0, 0.05) is 24.3 Å². The number of anilines is 1. The van der Waals surface area contributed by atoms with E-state index in [-0.39, 0.29) is 5.54 Å². The van der Waals surface area contributed by atoms with Gasteiger partial charge in [-0.2, -0.15) is 0 Å². The topological polar surface area (TPSA) is 37.4 Å². The molecule has 0 saturated carbocycles. The second kappa shape index (κ2) is 6.75. The molecule has 0 spiro atoms. The van der Waals surface area contributed by atoms with Gasteiger partial charge in [0.1, 0.15) is 5.82 Å². The van der Waals surface area contributed by atoms with Crippen LogP contribution in [-0.2, 0) is 11.3 Å². The summed E-state index contributed by atoms with van der Waals surface area (Å²) < 4.78 is 5.65. The van der Waals surface area contributed by atoms with Crippen LogP contribution in [-0.4, -0.2) is 36.8 Å². The Morgan fingerprint density at radius 1 is 1.38 bits per heavy atom. The Kier molecular flexibility index (Phi) is 5.22. The van der Waals surface area contributed by atoms with Gasteiger partial charge in [-0.25, -0.2) is 4.98 Å². The van der Waals surface area contributed by atoms with Crippen molar-refractivity contribution in [2.45, 2.75) is 53.1 Å². The van der Waals surface area contributed by atoms with E-state index in [1.807, 2.05) is 0 Å². The Labute approximate surface area is 128 Å². The molecule has 0 radical (unpaired) electrons. The van der Waals surface area contributed by atoms with Crippen molar-refractivity contribution in [3.8, 4) is 0 Å². The number of aryl methyl sites for hydroxylation is 2. The summed E-state index contributed by atoms with van der Waals surface area (Å²) in [5.74, 6) is 1.13. The van der Waals surface area contributed by atoms with Crippen molar-refractivity contribution < 1.29 is 4.74 Å². The molecule has 1 aliphatic heterocycles. The van der Waals surface area contributed by atoms with Crippen LogP contribution in [0, 0.1) is 13.8 Å². The highest BCUT2D eigenvalue weighted by Crippen LogP contribution is 2.30. The van der Waals surface area contributed by atoms with Crippen molar-refractivity contribution in [1.29, 1.82) is 0 Å². The van der Waals surface area contributed by atoms with Crippen molar-refractivity contribution in [3.63, 3.8) is 0 Å². The molecule has 1 aromatic rings. The molecule has 0 unspecified atom stereocenters. The highest BCUT2D eigenvalue weighted by molar-refractivity contribution is 5.53. The van der Waals surface area contributed by atoms with E-state index in [2.05, 4.69) is 50.9 Å². The first-order valence-electron chi connectivity index (χ1n) is 7.99. The van der Waals surface area contributed by atoms with E-state index >= 15 is 0 Å². The molecule has 1 fully saturated rings. The standard InChI is InChI=1S/C17H29N3O/c1-6-7-18-11-15-13(2)10-14(3)19-16(15)20-8-9-21-12-17(20,4)5/h10,18H,6-9,11-12H2,1-5H3. The van der Waals surface area contributed by atoms with Crippen LogP contribution in [0.1, 0.15) is 44.0 Å². The number of hydrogen-bond acceptors (Lipinski definition) is 4. The zero-order chi connectivity index (χ0) is 15.5. The molecule has 118 valence electrons. The van der Waals surface area contributed by atoms with E-state index in [0.717, 1.165) is 50.8 Å². The molecule has 4 heteroatoms. The maximum atomic E-state index is 5.65. The van der Waals surface area contributed by atoms with Crippen LogP contribution in [0.4, 0.5) is 5.82 Å². The fourth-order valence-corrected chi connectivity index (χ4v) is 2.93. The molecule has 1 aliphatic rings. The van der Waals surface area contributed by atoms with Gasteiger partial charge in [0.25, 0.3) is 0 Å². The van der Waals surface area contributed by atoms with Crippen molar-refractivity contribution in [2.24, 2.45) is 0 Å². The summed E-state index contributed by atoms with van der Waals surface area (Å²) in [6.07, 6.45) is 1.15. The van der Waals surface area contributed by atoms with Crippen LogP contribution in [0.25, 0.3) is 0 Å². The Balaban J connectivity index is 2.35. The molecular weight excluding hydrogens is 262 g/mol. The van der Waals surface area contributed by atoms with Crippen molar-refractivity contribution in [3.05, 3.63) is 22.9 Å². The molecule has 4 nitrogen and oxygen atoms in total. The number of nitrogens with zero attached hydrogens (tertiary/aromatic N) is 2. The summed E-state index contributed by atoms with van der Waals surface area (Å²) in [5, 5.41) is 3.52.